The van der Waals surface area contributed by atoms with E-state index in [1.807, 2.05) is 30.3 Å². The van der Waals surface area contributed by atoms with Gasteiger partial charge in [-0.15, -0.1) is 0 Å². The number of carbonyl (C=O) groups excluding carboxylic acids is 1. The fraction of sp³-hybridized carbons (Fsp3) is 0.533. The molecule has 2 rings (SSSR count). The number of hydrogen-bond acceptors (Lipinski definition) is 4. The van der Waals surface area contributed by atoms with E-state index in [-0.39, 0.29) is 19.3 Å². The maximum atomic E-state index is 11.6. The predicted octanol–water partition coefficient (Wildman–Crippen LogP) is 1.84. The standard InChI is InChI=1S/C15H21NO4/c17-9-13(11-19-14-7-4-8-14)16-15(18)20-10-12-5-2-1-3-6-12/h1-3,5-6,13-14,17H,4,7-11H2,(H,16,18)/t13-/m0/s1. The maximum Gasteiger partial charge on any atom is 0.407 e. The Morgan fingerprint density at radius 2 is 2.10 bits per heavy atom. The third-order valence-electron chi connectivity index (χ3n) is 3.34. The molecule has 1 fully saturated rings. The molecule has 1 atom stereocenters. The van der Waals surface area contributed by atoms with Crippen LogP contribution in [0.15, 0.2) is 30.3 Å². The fourth-order valence-corrected chi connectivity index (χ4v) is 1.86. The number of hydrogen-bond donors (Lipinski definition) is 2. The molecule has 1 aliphatic rings. The third-order valence-corrected chi connectivity index (χ3v) is 3.34. The molecule has 5 nitrogen and oxygen atoms in total. The molecule has 2 N–H and O–H groups in total. The second-order valence-corrected chi connectivity index (χ2v) is 4.97. The van der Waals surface area contributed by atoms with Crippen molar-refractivity contribution in [3.63, 3.8) is 0 Å². The zero-order valence-corrected chi connectivity index (χ0v) is 11.5. The first-order valence-corrected chi connectivity index (χ1v) is 6.97. The van der Waals surface area contributed by atoms with Crippen LogP contribution in [-0.4, -0.2) is 36.6 Å². The molecule has 110 valence electrons. The van der Waals surface area contributed by atoms with Gasteiger partial charge in [0.25, 0.3) is 0 Å². The zero-order valence-electron chi connectivity index (χ0n) is 11.5. The Bertz CT molecular complexity index is 406. The van der Waals surface area contributed by atoms with Gasteiger partial charge in [0.05, 0.1) is 25.4 Å². The van der Waals surface area contributed by atoms with Crippen LogP contribution >= 0.6 is 0 Å². The highest BCUT2D eigenvalue weighted by Gasteiger charge is 2.20. The number of rotatable bonds is 7. The van der Waals surface area contributed by atoms with E-state index in [9.17, 15) is 9.90 Å². The highest BCUT2D eigenvalue weighted by Crippen LogP contribution is 2.21. The molecule has 5 heteroatoms. The molecule has 0 aromatic heterocycles. The van der Waals surface area contributed by atoms with Gasteiger partial charge >= 0.3 is 6.09 Å². The van der Waals surface area contributed by atoms with Crippen molar-refractivity contribution in [3.05, 3.63) is 35.9 Å². The fourth-order valence-electron chi connectivity index (χ4n) is 1.86. The van der Waals surface area contributed by atoms with E-state index in [1.165, 1.54) is 6.42 Å². The molecule has 0 spiro atoms. The van der Waals surface area contributed by atoms with Crippen LogP contribution in [0.25, 0.3) is 0 Å². The number of carbonyl (C=O) groups is 1. The first-order chi connectivity index (χ1) is 9.78. The van der Waals surface area contributed by atoms with Crippen LogP contribution in [0, 0.1) is 0 Å². The van der Waals surface area contributed by atoms with Crippen molar-refractivity contribution in [2.45, 2.75) is 38.0 Å². The lowest BCUT2D eigenvalue weighted by Gasteiger charge is -2.27. The first kappa shape index (κ1) is 14.8. The molecule has 1 aromatic carbocycles. The minimum atomic E-state index is -0.537. The second-order valence-electron chi connectivity index (χ2n) is 4.97. The van der Waals surface area contributed by atoms with Gasteiger partial charge in [-0.2, -0.15) is 0 Å². The average Bonchev–Trinajstić information content (AvgIpc) is 2.43. The number of aliphatic hydroxyl groups is 1. The van der Waals surface area contributed by atoms with Gasteiger partial charge in [0.1, 0.15) is 6.61 Å². The number of aliphatic hydroxyl groups excluding tert-OH is 1. The summed E-state index contributed by atoms with van der Waals surface area (Å²) in [6.07, 6.45) is 3.07. The van der Waals surface area contributed by atoms with E-state index >= 15 is 0 Å². The predicted molar refractivity (Wildman–Crippen MR) is 74.2 cm³/mol. The summed E-state index contributed by atoms with van der Waals surface area (Å²) in [4.78, 5) is 11.6. The minimum absolute atomic E-state index is 0.160. The molecule has 0 unspecified atom stereocenters. The minimum Gasteiger partial charge on any atom is -0.445 e. The third kappa shape index (κ3) is 4.83. The number of amides is 1. The lowest BCUT2D eigenvalue weighted by molar-refractivity contribution is -0.0154. The van der Waals surface area contributed by atoms with Gasteiger partial charge in [0.15, 0.2) is 0 Å². The zero-order chi connectivity index (χ0) is 14.2. The summed E-state index contributed by atoms with van der Waals surface area (Å²) in [5.41, 5.74) is 0.925. The Kier molecular flexibility index (Phi) is 5.83. The van der Waals surface area contributed by atoms with Crippen molar-refractivity contribution in [3.8, 4) is 0 Å². The highest BCUT2D eigenvalue weighted by molar-refractivity contribution is 5.67. The lowest BCUT2D eigenvalue weighted by atomic mass is 9.96. The summed E-state index contributed by atoms with van der Waals surface area (Å²) in [5.74, 6) is 0. The molecular weight excluding hydrogens is 258 g/mol. The van der Waals surface area contributed by atoms with Gasteiger partial charge in [-0.05, 0) is 24.8 Å². The van der Waals surface area contributed by atoms with Crippen molar-refractivity contribution < 1.29 is 19.4 Å². The quantitative estimate of drug-likeness (QED) is 0.799. The van der Waals surface area contributed by atoms with Gasteiger partial charge in [-0.25, -0.2) is 4.79 Å². The number of benzene rings is 1. The van der Waals surface area contributed by atoms with Crippen LogP contribution < -0.4 is 5.32 Å². The molecule has 1 saturated carbocycles. The molecule has 1 aromatic rings. The average molecular weight is 279 g/mol. The topological polar surface area (TPSA) is 67.8 Å². The molecule has 20 heavy (non-hydrogen) atoms. The summed E-state index contributed by atoms with van der Waals surface area (Å²) in [7, 11) is 0. The molecule has 0 aliphatic heterocycles. The highest BCUT2D eigenvalue weighted by atomic mass is 16.5. The normalized spacial score (nSPS) is 16.2. The molecule has 0 bridgehead atoms. The molecule has 1 amide bonds. The van der Waals surface area contributed by atoms with Gasteiger partial charge in [-0.3, -0.25) is 0 Å². The Morgan fingerprint density at radius 1 is 1.35 bits per heavy atom. The molecule has 0 saturated heterocycles. The summed E-state index contributed by atoms with van der Waals surface area (Å²) >= 11 is 0. The van der Waals surface area contributed by atoms with E-state index in [2.05, 4.69) is 5.32 Å². The Morgan fingerprint density at radius 3 is 2.70 bits per heavy atom. The van der Waals surface area contributed by atoms with E-state index in [0.29, 0.717) is 6.61 Å². The van der Waals surface area contributed by atoms with Crippen molar-refractivity contribution in [1.29, 1.82) is 0 Å². The molecule has 1 aliphatic carbocycles. The van der Waals surface area contributed by atoms with Crippen LogP contribution in [-0.2, 0) is 16.1 Å². The van der Waals surface area contributed by atoms with Crippen molar-refractivity contribution in [1.82, 2.24) is 5.32 Å². The Hall–Kier alpha value is -1.59. The molecule has 0 radical (unpaired) electrons. The number of nitrogens with one attached hydrogen (secondary N) is 1. The van der Waals surface area contributed by atoms with E-state index in [0.717, 1.165) is 18.4 Å². The summed E-state index contributed by atoms with van der Waals surface area (Å²) < 4.78 is 10.7. The SMILES string of the molecule is O=C(N[C@@H](CO)COC1CCC1)OCc1ccccc1. The van der Waals surface area contributed by atoms with Gasteiger partial charge < -0.3 is 19.9 Å². The monoisotopic (exact) mass is 279 g/mol. The molecular formula is C15H21NO4. The smallest absolute Gasteiger partial charge is 0.407 e. The number of alkyl carbamates (subject to hydrolysis) is 1. The first-order valence-electron chi connectivity index (χ1n) is 6.97. The summed E-state index contributed by atoms with van der Waals surface area (Å²) in [6.45, 7) is 0.378. The van der Waals surface area contributed by atoms with Gasteiger partial charge in [-0.1, -0.05) is 30.3 Å². The van der Waals surface area contributed by atoms with E-state index in [4.69, 9.17) is 9.47 Å². The Labute approximate surface area is 118 Å². The lowest BCUT2D eigenvalue weighted by Crippen LogP contribution is -2.42. The van der Waals surface area contributed by atoms with Crippen molar-refractivity contribution in [2.24, 2.45) is 0 Å². The maximum absolute atomic E-state index is 11.6. The second kappa shape index (κ2) is 7.87. The van der Waals surface area contributed by atoms with Crippen LogP contribution in [0.4, 0.5) is 4.79 Å². The number of ether oxygens (including phenoxy) is 2. The van der Waals surface area contributed by atoms with Crippen LogP contribution in [0.3, 0.4) is 0 Å². The molecule has 0 heterocycles. The van der Waals surface area contributed by atoms with Crippen LogP contribution in [0.2, 0.25) is 0 Å². The van der Waals surface area contributed by atoms with Gasteiger partial charge in [0.2, 0.25) is 0 Å². The van der Waals surface area contributed by atoms with E-state index in [1.54, 1.807) is 0 Å². The van der Waals surface area contributed by atoms with Crippen LogP contribution in [0.1, 0.15) is 24.8 Å². The summed E-state index contributed by atoms with van der Waals surface area (Å²) in [6, 6.07) is 9.04. The van der Waals surface area contributed by atoms with Crippen molar-refractivity contribution in [2.75, 3.05) is 13.2 Å². The Balaban J connectivity index is 1.65. The van der Waals surface area contributed by atoms with Crippen molar-refractivity contribution >= 4 is 6.09 Å². The van der Waals surface area contributed by atoms with Crippen LogP contribution in [0.5, 0.6) is 0 Å². The summed E-state index contributed by atoms with van der Waals surface area (Å²) in [5, 5.41) is 11.8. The largest absolute Gasteiger partial charge is 0.445 e. The van der Waals surface area contributed by atoms with Gasteiger partial charge in [0, 0.05) is 0 Å². The van der Waals surface area contributed by atoms with E-state index < -0.39 is 12.1 Å².